The molecular weight excluding hydrogens is 426 g/mol. The molecule has 3 aromatic carbocycles. The lowest BCUT2D eigenvalue weighted by Crippen LogP contribution is -2.02. The molecule has 6 heteroatoms. The van der Waals surface area contributed by atoms with E-state index in [1.54, 1.807) is 42.5 Å². The van der Waals surface area contributed by atoms with Crippen molar-refractivity contribution in [1.29, 1.82) is 0 Å². The van der Waals surface area contributed by atoms with Gasteiger partial charge >= 0.3 is 5.97 Å². The minimum atomic E-state index is -1.02. The van der Waals surface area contributed by atoms with Crippen molar-refractivity contribution in [1.82, 2.24) is 0 Å². The number of rotatable bonds is 3. The summed E-state index contributed by atoms with van der Waals surface area (Å²) in [5, 5.41) is 20.3. The van der Waals surface area contributed by atoms with Gasteiger partial charge in [-0.15, -0.1) is 0 Å². The van der Waals surface area contributed by atoms with Crippen LogP contribution in [0.15, 0.2) is 54.6 Å². The predicted octanol–water partition coefficient (Wildman–Crippen LogP) is 6.83. The van der Waals surface area contributed by atoms with Gasteiger partial charge in [0.1, 0.15) is 0 Å². The average molecular weight is 443 g/mol. The Morgan fingerprint density at radius 2 is 1.70 bits per heavy atom. The van der Waals surface area contributed by atoms with Gasteiger partial charge in [0.05, 0.1) is 5.56 Å². The number of carboxylic acid groups (broad SMARTS) is 1. The van der Waals surface area contributed by atoms with Crippen LogP contribution in [-0.2, 0) is 6.42 Å². The number of fused-ring (bicyclic) bond motifs is 1. The monoisotopic (exact) mass is 442 g/mol. The molecule has 152 valence electrons. The average Bonchev–Trinajstić information content (AvgIpc) is 2.89. The zero-order chi connectivity index (χ0) is 21.4. The van der Waals surface area contributed by atoms with Crippen molar-refractivity contribution < 1.29 is 19.4 Å². The summed E-state index contributed by atoms with van der Waals surface area (Å²) >= 11 is 12.6. The summed E-state index contributed by atoms with van der Waals surface area (Å²) in [6.45, 7) is 0. The molecule has 0 amide bonds. The smallest absolute Gasteiger partial charge is 0.335 e. The van der Waals surface area contributed by atoms with Crippen LogP contribution >= 0.6 is 23.2 Å². The molecule has 0 radical (unpaired) electrons. The third-order valence-electron chi connectivity index (χ3n) is 5.30. The first-order valence-corrected chi connectivity index (χ1v) is 10.2. The zero-order valence-corrected chi connectivity index (χ0v) is 17.3. The highest BCUT2D eigenvalue weighted by molar-refractivity contribution is 6.36. The van der Waals surface area contributed by atoms with Crippen molar-refractivity contribution in [2.75, 3.05) is 0 Å². The summed E-state index contributed by atoms with van der Waals surface area (Å²) in [4.78, 5) is 11.5. The molecule has 3 aromatic rings. The molecule has 0 fully saturated rings. The Bertz CT molecular complexity index is 1200. The number of aromatic carboxylic acids is 1. The summed E-state index contributed by atoms with van der Waals surface area (Å²) in [6.07, 6.45) is 1.96. The highest BCUT2D eigenvalue weighted by Gasteiger charge is 2.25. The summed E-state index contributed by atoms with van der Waals surface area (Å²) in [7, 11) is 0. The van der Waals surface area contributed by atoms with E-state index < -0.39 is 17.5 Å². The van der Waals surface area contributed by atoms with E-state index >= 15 is 4.39 Å². The highest BCUT2D eigenvalue weighted by Crippen LogP contribution is 2.43. The summed E-state index contributed by atoms with van der Waals surface area (Å²) < 4.78 is 15.0. The minimum absolute atomic E-state index is 0.178. The van der Waals surface area contributed by atoms with E-state index in [-0.39, 0.29) is 11.1 Å². The number of phenols is 1. The van der Waals surface area contributed by atoms with Crippen LogP contribution in [0.1, 0.15) is 45.5 Å². The molecule has 0 bridgehead atoms. The van der Waals surface area contributed by atoms with E-state index in [2.05, 4.69) is 0 Å². The normalized spacial score (nSPS) is 13.7. The standard InChI is InChI=1S/C24H17Cl2FO3/c25-15-8-10-17(20(26)12-15)18-4-1-3-13-11-14(24(29)30)7-9-16(13)22(18)19-5-2-6-21(28)23(19)27/h2,5-12,28H,1,3-4H2,(H,29,30). The Hall–Kier alpha value is -2.82. The van der Waals surface area contributed by atoms with Gasteiger partial charge in [0.2, 0.25) is 0 Å². The number of carboxylic acids is 1. The Morgan fingerprint density at radius 3 is 2.43 bits per heavy atom. The molecule has 0 spiro atoms. The van der Waals surface area contributed by atoms with E-state index in [4.69, 9.17) is 23.2 Å². The SMILES string of the molecule is O=C(O)c1ccc2c(c1)CCCC(c1ccc(Cl)cc1Cl)=C2c1cccc(O)c1F. The number of phenolic OH excluding ortho intramolecular Hbond substituents is 1. The lowest BCUT2D eigenvalue weighted by atomic mass is 9.87. The molecule has 0 saturated heterocycles. The van der Waals surface area contributed by atoms with Crippen molar-refractivity contribution in [2.45, 2.75) is 19.3 Å². The zero-order valence-electron chi connectivity index (χ0n) is 15.8. The van der Waals surface area contributed by atoms with Gasteiger partial charge in [0, 0.05) is 15.6 Å². The van der Waals surface area contributed by atoms with Crippen LogP contribution in [0.25, 0.3) is 11.1 Å². The quantitative estimate of drug-likeness (QED) is 0.467. The van der Waals surface area contributed by atoms with Gasteiger partial charge in [-0.3, -0.25) is 0 Å². The van der Waals surface area contributed by atoms with Crippen molar-refractivity contribution >= 4 is 40.3 Å². The minimum Gasteiger partial charge on any atom is -0.505 e. The second-order valence-corrected chi connectivity index (χ2v) is 7.99. The Labute approximate surface area is 183 Å². The molecule has 0 atom stereocenters. The second-order valence-electron chi connectivity index (χ2n) is 7.15. The van der Waals surface area contributed by atoms with Crippen molar-refractivity contribution in [3.8, 4) is 5.75 Å². The number of aromatic hydroxyl groups is 1. The lowest BCUT2D eigenvalue weighted by molar-refractivity contribution is 0.0696. The second kappa shape index (κ2) is 8.13. The molecule has 0 heterocycles. The van der Waals surface area contributed by atoms with Gasteiger partial charge in [0.25, 0.3) is 0 Å². The first kappa shape index (κ1) is 20.5. The molecule has 1 aliphatic rings. The maximum Gasteiger partial charge on any atom is 0.335 e. The van der Waals surface area contributed by atoms with Crippen LogP contribution in [0.5, 0.6) is 5.75 Å². The predicted molar refractivity (Wildman–Crippen MR) is 117 cm³/mol. The van der Waals surface area contributed by atoms with E-state index in [0.717, 1.165) is 28.7 Å². The van der Waals surface area contributed by atoms with Crippen LogP contribution in [0.4, 0.5) is 4.39 Å². The fraction of sp³-hybridized carbons (Fsp3) is 0.125. The lowest BCUT2D eigenvalue weighted by Gasteiger charge is -2.18. The van der Waals surface area contributed by atoms with Gasteiger partial charge in [-0.2, -0.15) is 0 Å². The van der Waals surface area contributed by atoms with E-state index in [0.29, 0.717) is 28.5 Å². The Kier molecular flexibility index (Phi) is 5.54. The first-order valence-electron chi connectivity index (χ1n) is 9.40. The Morgan fingerprint density at radius 1 is 0.933 bits per heavy atom. The third-order valence-corrected chi connectivity index (χ3v) is 5.85. The first-order chi connectivity index (χ1) is 14.4. The van der Waals surface area contributed by atoms with Crippen molar-refractivity contribution in [2.24, 2.45) is 0 Å². The van der Waals surface area contributed by atoms with Gasteiger partial charge in [-0.1, -0.05) is 47.5 Å². The molecule has 4 rings (SSSR count). The number of hydrogen-bond donors (Lipinski definition) is 2. The van der Waals surface area contributed by atoms with Crippen LogP contribution in [-0.4, -0.2) is 16.2 Å². The fourth-order valence-electron chi connectivity index (χ4n) is 3.94. The van der Waals surface area contributed by atoms with E-state index in [1.165, 1.54) is 12.1 Å². The number of aryl methyl sites for hydroxylation is 1. The topological polar surface area (TPSA) is 57.5 Å². The molecule has 0 aliphatic heterocycles. The summed E-state index contributed by atoms with van der Waals surface area (Å²) in [5.74, 6) is -2.20. The van der Waals surface area contributed by atoms with Crippen molar-refractivity contribution in [3.05, 3.63) is 98.3 Å². The molecule has 2 N–H and O–H groups in total. The van der Waals surface area contributed by atoms with Crippen LogP contribution < -0.4 is 0 Å². The molecule has 30 heavy (non-hydrogen) atoms. The summed E-state index contributed by atoms with van der Waals surface area (Å²) in [6, 6.07) is 14.5. The van der Waals surface area contributed by atoms with E-state index in [9.17, 15) is 15.0 Å². The van der Waals surface area contributed by atoms with Gasteiger partial charge in [-0.25, -0.2) is 9.18 Å². The third kappa shape index (κ3) is 3.69. The van der Waals surface area contributed by atoms with Crippen LogP contribution in [0, 0.1) is 5.82 Å². The van der Waals surface area contributed by atoms with Gasteiger partial charge < -0.3 is 10.2 Å². The summed E-state index contributed by atoms with van der Waals surface area (Å²) in [5.41, 5.74) is 4.10. The van der Waals surface area contributed by atoms with Crippen molar-refractivity contribution in [3.63, 3.8) is 0 Å². The molecule has 0 unspecified atom stereocenters. The van der Waals surface area contributed by atoms with Gasteiger partial charge in [-0.05, 0) is 77.4 Å². The van der Waals surface area contributed by atoms with Crippen LogP contribution in [0.3, 0.4) is 0 Å². The fourth-order valence-corrected chi connectivity index (χ4v) is 4.47. The van der Waals surface area contributed by atoms with Crippen LogP contribution in [0.2, 0.25) is 10.0 Å². The number of halogens is 3. The number of benzene rings is 3. The molecule has 0 saturated carbocycles. The highest BCUT2D eigenvalue weighted by atomic mass is 35.5. The molecule has 1 aliphatic carbocycles. The Balaban J connectivity index is 2.07. The molecular formula is C24H17Cl2FO3. The molecule has 0 aromatic heterocycles. The molecule has 3 nitrogen and oxygen atoms in total. The maximum atomic E-state index is 15.0. The van der Waals surface area contributed by atoms with E-state index in [1.807, 2.05) is 0 Å². The van der Waals surface area contributed by atoms with Gasteiger partial charge in [0.15, 0.2) is 11.6 Å². The number of allylic oxidation sites excluding steroid dienone is 1. The largest absolute Gasteiger partial charge is 0.505 e. The number of carbonyl (C=O) groups is 1. The number of hydrogen-bond acceptors (Lipinski definition) is 2. The maximum absolute atomic E-state index is 15.0.